The minimum absolute atomic E-state index is 0.0287. The molecule has 2 N–H and O–H groups in total. The molecule has 1 saturated carbocycles. The molecule has 6 heteroatoms. The normalized spacial score (nSPS) is 26.7. The van der Waals surface area contributed by atoms with Crippen molar-refractivity contribution in [2.45, 2.75) is 51.2 Å². The molecule has 0 aromatic heterocycles. The van der Waals surface area contributed by atoms with Crippen LogP contribution >= 0.6 is 0 Å². The second-order valence-corrected chi connectivity index (χ2v) is 5.65. The van der Waals surface area contributed by atoms with Crippen LogP contribution < -0.4 is 5.32 Å². The number of hydrogen-bond acceptors (Lipinski definition) is 4. The van der Waals surface area contributed by atoms with Crippen molar-refractivity contribution in [3.8, 4) is 6.07 Å². The third kappa shape index (κ3) is 3.36. The van der Waals surface area contributed by atoms with Gasteiger partial charge in [-0.15, -0.1) is 0 Å². The summed E-state index contributed by atoms with van der Waals surface area (Å²) < 4.78 is 5.04. The highest BCUT2D eigenvalue weighted by Gasteiger charge is 2.52. The van der Waals surface area contributed by atoms with Crippen LogP contribution in [0.25, 0.3) is 0 Å². The minimum Gasteiger partial charge on any atom is -0.480 e. The number of alkyl carbamates (subject to hydrolysis) is 1. The van der Waals surface area contributed by atoms with Gasteiger partial charge in [-0.25, -0.2) is 9.59 Å². The average molecular weight is 254 g/mol. The summed E-state index contributed by atoms with van der Waals surface area (Å²) in [5.74, 6) is -1.05. The number of amides is 1. The molecule has 18 heavy (non-hydrogen) atoms. The Labute approximate surface area is 106 Å². The van der Waals surface area contributed by atoms with Gasteiger partial charge in [-0.1, -0.05) is 0 Å². The molecule has 0 heterocycles. The topological polar surface area (TPSA) is 99.4 Å². The van der Waals surface area contributed by atoms with Gasteiger partial charge in [0.05, 0.1) is 6.07 Å². The molecule has 0 bridgehead atoms. The monoisotopic (exact) mass is 254 g/mol. The van der Waals surface area contributed by atoms with Crippen LogP contribution in [0.1, 0.15) is 40.0 Å². The van der Waals surface area contributed by atoms with E-state index in [0.717, 1.165) is 0 Å². The highest BCUT2D eigenvalue weighted by molar-refractivity contribution is 5.85. The molecular weight excluding hydrogens is 236 g/mol. The first-order valence-corrected chi connectivity index (χ1v) is 5.80. The number of carbonyl (C=O) groups is 2. The number of carboxylic acids is 1. The maximum atomic E-state index is 11.6. The standard InChI is InChI=1S/C12H18N2O4/c1-11(2,3)18-10(17)14-12(9(15)16)6-8(7-12)4-5-13/h8H,4,6-7H2,1-3H3,(H,14,17)(H,15,16)/t8-,12-. The number of nitrogens with one attached hydrogen (secondary N) is 1. The third-order valence-electron chi connectivity index (χ3n) is 2.80. The van der Waals surface area contributed by atoms with Crippen molar-refractivity contribution in [3.05, 3.63) is 0 Å². The lowest BCUT2D eigenvalue weighted by Gasteiger charge is -2.43. The van der Waals surface area contributed by atoms with Crippen LogP contribution in [0.5, 0.6) is 0 Å². The number of nitrogens with zero attached hydrogens (tertiary/aromatic N) is 1. The summed E-state index contributed by atoms with van der Waals surface area (Å²) >= 11 is 0. The number of nitriles is 1. The number of ether oxygens (including phenoxy) is 1. The molecular formula is C12H18N2O4. The van der Waals surface area contributed by atoms with Crippen molar-refractivity contribution in [3.63, 3.8) is 0 Å². The SMILES string of the molecule is CC(C)(C)OC(=O)N[C@]1(C(=O)O)C[C@@H](CC#N)C1. The van der Waals surface area contributed by atoms with Gasteiger partial charge < -0.3 is 15.2 Å². The summed E-state index contributed by atoms with van der Waals surface area (Å²) in [6.45, 7) is 5.12. The van der Waals surface area contributed by atoms with Crippen molar-refractivity contribution >= 4 is 12.1 Å². The number of carboxylic acid groups (broad SMARTS) is 1. The van der Waals surface area contributed by atoms with Crippen molar-refractivity contribution in [1.82, 2.24) is 5.32 Å². The summed E-state index contributed by atoms with van der Waals surface area (Å²) in [6.07, 6.45) is 0.121. The molecule has 0 aromatic carbocycles. The Bertz CT molecular complexity index is 386. The lowest BCUT2D eigenvalue weighted by molar-refractivity contribution is -0.151. The highest BCUT2D eigenvalue weighted by atomic mass is 16.6. The van der Waals surface area contributed by atoms with E-state index in [4.69, 9.17) is 15.1 Å². The molecule has 0 aromatic rings. The van der Waals surface area contributed by atoms with Crippen LogP contribution in [0.4, 0.5) is 4.79 Å². The van der Waals surface area contributed by atoms with Gasteiger partial charge in [0.1, 0.15) is 11.1 Å². The van der Waals surface area contributed by atoms with Crippen molar-refractivity contribution in [2.75, 3.05) is 0 Å². The van der Waals surface area contributed by atoms with Gasteiger partial charge in [0.2, 0.25) is 0 Å². The molecule has 6 nitrogen and oxygen atoms in total. The first-order valence-electron chi connectivity index (χ1n) is 5.80. The maximum absolute atomic E-state index is 11.6. The zero-order valence-corrected chi connectivity index (χ0v) is 10.8. The van der Waals surface area contributed by atoms with Gasteiger partial charge in [-0.3, -0.25) is 0 Å². The van der Waals surface area contributed by atoms with Crippen LogP contribution in [0.2, 0.25) is 0 Å². The van der Waals surface area contributed by atoms with Crippen LogP contribution in [0.3, 0.4) is 0 Å². The molecule has 0 spiro atoms. The largest absolute Gasteiger partial charge is 0.480 e. The fraction of sp³-hybridized carbons (Fsp3) is 0.750. The molecule has 0 radical (unpaired) electrons. The third-order valence-corrected chi connectivity index (χ3v) is 2.80. The van der Waals surface area contributed by atoms with E-state index in [1.165, 1.54) is 0 Å². The van der Waals surface area contributed by atoms with Crippen LogP contribution in [0, 0.1) is 17.2 Å². The Morgan fingerprint density at radius 3 is 2.44 bits per heavy atom. The van der Waals surface area contributed by atoms with E-state index in [0.29, 0.717) is 6.42 Å². The van der Waals surface area contributed by atoms with Gasteiger partial charge in [0.25, 0.3) is 0 Å². The zero-order valence-electron chi connectivity index (χ0n) is 10.8. The first-order chi connectivity index (χ1) is 8.18. The lowest BCUT2D eigenvalue weighted by Crippen LogP contribution is -2.62. The number of rotatable bonds is 3. The molecule has 100 valence electrons. The first kappa shape index (κ1) is 14.3. The quantitative estimate of drug-likeness (QED) is 0.797. The van der Waals surface area contributed by atoms with E-state index < -0.39 is 23.2 Å². The Hall–Kier alpha value is -1.77. The maximum Gasteiger partial charge on any atom is 0.408 e. The second-order valence-electron chi connectivity index (χ2n) is 5.65. The predicted octanol–water partition coefficient (Wildman–Crippen LogP) is 1.66. The number of carbonyl (C=O) groups excluding carboxylic acids is 1. The molecule has 1 amide bonds. The van der Waals surface area contributed by atoms with E-state index >= 15 is 0 Å². The predicted molar refractivity (Wildman–Crippen MR) is 62.7 cm³/mol. The van der Waals surface area contributed by atoms with E-state index in [9.17, 15) is 9.59 Å². The van der Waals surface area contributed by atoms with Crippen LogP contribution in [-0.4, -0.2) is 28.3 Å². The molecule has 1 rings (SSSR count). The molecule has 0 aliphatic heterocycles. The van der Waals surface area contributed by atoms with Gasteiger partial charge >= 0.3 is 12.1 Å². The zero-order chi connectivity index (χ0) is 14.0. The van der Waals surface area contributed by atoms with E-state index in [1.54, 1.807) is 20.8 Å². The lowest BCUT2D eigenvalue weighted by atomic mass is 9.67. The van der Waals surface area contributed by atoms with Gasteiger partial charge in [0.15, 0.2) is 0 Å². The van der Waals surface area contributed by atoms with Crippen LogP contribution in [0.15, 0.2) is 0 Å². The summed E-state index contributed by atoms with van der Waals surface area (Å²) in [6, 6.07) is 2.00. The van der Waals surface area contributed by atoms with Crippen molar-refractivity contribution in [1.29, 1.82) is 5.26 Å². The van der Waals surface area contributed by atoms with Crippen molar-refractivity contribution in [2.24, 2.45) is 5.92 Å². The van der Waals surface area contributed by atoms with E-state index in [1.807, 2.05) is 6.07 Å². The van der Waals surface area contributed by atoms with E-state index in [-0.39, 0.29) is 18.8 Å². The Balaban J connectivity index is 2.60. The summed E-state index contributed by atoms with van der Waals surface area (Å²) in [5, 5.41) is 20.1. The fourth-order valence-corrected chi connectivity index (χ4v) is 2.03. The van der Waals surface area contributed by atoms with Crippen molar-refractivity contribution < 1.29 is 19.4 Å². The Kier molecular flexibility index (Phi) is 3.85. The van der Waals surface area contributed by atoms with E-state index in [2.05, 4.69) is 5.32 Å². The minimum atomic E-state index is -1.27. The Morgan fingerprint density at radius 2 is 2.06 bits per heavy atom. The molecule has 0 atom stereocenters. The number of hydrogen-bond donors (Lipinski definition) is 2. The molecule has 0 unspecified atom stereocenters. The van der Waals surface area contributed by atoms with Gasteiger partial charge in [0, 0.05) is 6.42 Å². The summed E-state index contributed by atoms with van der Waals surface area (Å²) in [4.78, 5) is 22.8. The molecule has 0 saturated heterocycles. The summed E-state index contributed by atoms with van der Waals surface area (Å²) in [5.41, 5.74) is -1.94. The van der Waals surface area contributed by atoms with Gasteiger partial charge in [-0.2, -0.15) is 5.26 Å². The molecule has 1 aliphatic rings. The summed E-state index contributed by atoms with van der Waals surface area (Å²) in [7, 11) is 0. The number of aliphatic carboxylic acids is 1. The highest BCUT2D eigenvalue weighted by Crippen LogP contribution is 2.40. The average Bonchev–Trinajstić information content (AvgIpc) is 2.10. The smallest absolute Gasteiger partial charge is 0.408 e. The molecule has 1 fully saturated rings. The second kappa shape index (κ2) is 4.84. The van der Waals surface area contributed by atoms with Crippen LogP contribution in [-0.2, 0) is 9.53 Å². The molecule has 1 aliphatic carbocycles. The fourth-order valence-electron chi connectivity index (χ4n) is 2.03. The Morgan fingerprint density at radius 1 is 1.50 bits per heavy atom. The van der Waals surface area contributed by atoms with Gasteiger partial charge in [-0.05, 0) is 39.5 Å².